The van der Waals surface area contributed by atoms with Gasteiger partial charge in [0, 0.05) is 17.9 Å². The first-order chi connectivity index (χ1) is 14.9. The zero-order valence-electron chi connectivity index (χ0n) is 18.9. The molecule has 8 atom stereocenters. The van der Waals surface area contributed by atoms with Crippen molar-refractivity contribution >= 4 is 17.9 Å². The van der Waals surface area contributed by atoms with Crippen LogP contribution in [0.1, 0.15) is 58.6 Å². The van der Waals surface area contributed by atoms with Crippen molar-refractivity contribution in [3.8, 4) is 0 Å². The van der Waals surface area contributed by atoms with Crippen molar-refractivity contribution in [2.75, 3.05) is 7.11 Å². The maximum atomic E-state index is 13.1. The smallest absolute Gasteiger partial charge is 0.314 e. The maximum absolute atomic E-state index is 13.1. The van der Waals surface area contributed by atoms with Crippen LogP contribution in [0.4, 0.5) is 0 Å². The van der Waals surface area contributed by atoms with Crippen molar-refractivity contribution in [2.45, 2.75) is 70.4 Å². The second-order valence-electron chi connectivity index (χ2n) is 9.79. The number of rotatable bonds is 3. The zero-order chi connectivity index (χ0) is 23.7. The van der Waals surface area contributed by atoms with Gasteiger partial charge in [-0.05, 0) is 32.8 Å². The average molecular weight is 450 g/mol. The van der Waals surface area contributed by atoms with Crippen LogP contribution < -0.4 is 0 Å². The number of carbonyl (C=O) groups excluding carboxylic acids is 3. The van der Waals surface area contributed by atoms with Gasteiger partial charge in [-0.2, -0.15) is 0 Å². The minimum Gasteiger partial charge on any atom is -0.472 e. The Balaban J connectivity index is 2.03. The van der Waals surface area contributed by atoms with Crippen molar-refractivity contribution in [3.63, 3.8) is 0 Å². The van der Waals surface area contributed by atoms with E-state index in [4.69, 9.17) is 18.6 Å². The predicted octanol–water partition coefficient (Wildman–Crippen LogP) is 1.91. The SMILES string of the molecule is COC(=O)C1(C)CCCC2(C)C3(O)C(C)C(=O)OC(c4ccoc4)C3C(OC(C)=O)C12O. The molecule has 1 aromatic rings. The molecule has 2 N–H and O–H groups in total. The molecule has 0 radical (unpaired) electrons. The van der Waals surface area contributed by atoms with E-state index < -0.39 is 64.0 Å². The standard InChI is InChI=1S/C23H30O9/c1-12-18(25)32-16(14-7-10-30-11-14)15-17(31-13(2)24)23(28)20(3,19(26)29-5)8-6-9-21(23,4)22(12,15)27/h7,10-12,15-17,27-28H,6,8-9H2,1-5H3. The van der Waals surface area contributed by atoms with E-state index in [0.29, 0.717) is 18.4 Å². The number of aliphatic hydroxyl groups is 2. The third-order valence-electron chi connectivity index (χ3n) is 8.55. The first-order valence-corrected chi connectivity index (χ1v) is 10.8. The molecule has 2 aliphatic carbocycles. The highest BCUT2D eigenvalue weighted by Crippen LogP contribution is 2.73. The van der Waals surface area contributed by atoms with Gasteiger partial charge >= 0.3 is 17.9 Å². The number of hydrogen-bond donors (Lipinski definition) is 2. The van der Waals surface area contributed by atoms with E-state index in [0.717, 1.165) is 0 Å². The highest BCUT2D eigenvalue weighted by molar-refractivity contribution is 5.81. The van der Waals surface area contributed by atoms with Crippen LogP contribution >= 0.6 is 0 Å². The fraction of sp³-hybridized carbons (Fsp3) is 0.696. The third kappa shape index (κ3) is 2.43. The van der Waals surface area contributed by atoms with Crippen molar-refractivity contribution in [3.05, 3.63) is 24.2 Å². The molecule has 2 heterocycles. The van der Waals surface area contributed by atoms with Crippen molar-refractivity contribution in [2.24, 2.45) is 22.7 Å². The summed E-state index contributed by atoms with van der Waals surface area (Å²) in [6.45, 7) is 5.95. The zero-order valence-corrected chi connectivity index (χ0v) is 18.9. The van der Waals surface area contributed by atoms with Gasteiger partial charge in [0.25, 0.3) is 0 Å². The van der Waals surface area contributed by atoms with Crippen molar-refractivity contribution in [1.29, 1.82) is 0 Å². The average Bonchev–Trinajstić information content (AvgIpc) is 3.32. The lowest BCUT2D eigenvalue weighted by atomic mass is 9.49. The summed E-state index contributed by atoms with van der Waals surface area (Å²) >= 11 is 0. The molecule has 0 bridgehead atoms. The Morgan fingerprint density at radius 3 is 2.47 bits per heavy atom. The first kappa shape index (κ1) is 22.8. The van der Waals surface area contributed by atoms with Crippen LogP contribution in [0.3, 0.4) is 0 Å². The lowest BCUT2D eigenvalue weighted by Crippen LogP contribution is -2.70. The number of esters is 3. The second-order valence-corrected chi connectivity index (χ2v) is 9.79. The second kappa shape index (κ2) is 7.05. The van der Waals surface area contributed by atoms with E-state index in [1.165, 1.54) is 33.5 Å². The molecule has 8 unspecified atom stereocenters. The molecule has 0 aromatic carbocycles. The third-order valence-corrected chi connectivity index (χ3v) is 8.55. The summed E-state index contributed by atoms with van der Waals surface area (Å²) < 4.78 is 21.7. The molecule has 3 fully saturated rings. The van der Waals surface area contributed by atoms with Gasteiger partial charge in [0.15, 0.2) is 0 Å². The minimum atomic E-state index is -2.04. The van der Waals surface area contributed by atoms with Gasteiger partial charge in [0.2, 0.25) is 0 Å². The quantitative estimate of drug-likeness (QED) is 0.523. The summed E-state index contributed by atoms with van der Waals surface area (Å²) in [5.74, 6) is -4.11. The van der Waals surface area contributed by atoms with Gasteiger partial charge in [0.05, 0.1) is 42.5 Å². The molecule has 176 valence electrons. The van der Waals surface area contributed by atoms with Gasteiger partial charge in [0.1, 0.15) is 17.8 Å². The molecule has 4 rings (SSSR count). The van der Waals surface area contributed by atoms with E-state index in [9.17, 15) is 24.6 Å². The summed E-state index contributed by atoms with van der Waals surface area (Å²) in [4.78, 5) is 38.2. The van der Waals surface area contributed by atoms with Gasteiger partial charge in [-0.25, -0.2) is 0 Å². The summed E-state index contributed by atoms with van der Waals surface area (Å²) in [7, 11) is 1.23. The molecule has 9 nitrogen and oxygen atoms in total. The Bertz CT molecular complexity index is 941. The van der Waals surface area contributed by atoms with Crippen molar-refractivity contribution < 1.29 is 43.2 Å². The van der Waals surface area contributed by atoms with Crippen LogP contribution in [-0.4, -0.2) is 52.5 Å². The molecule has 0 spiro atoms. The summed E-state index contributed by atoms with van der Waals surface area (Å²) in [5, 5.41) is 24.9. The molecule has 1 aliphatic heterocycles. The van der Waals surface area contributed by atoms with Gasteiger partial charge in [-0.3, -0.25) is 14.4 Å². The molecule has 32 heavy (non-hydrogen) atoms. The van der Waals surface area contributed by atoms with Crippen LogP contribution in [0.25, 0.3) is 0 Å². The molecule has 1 aromatic heterocycles. The Kier molecular flexibility index (Phi) is 5.02. The Morgan fingerprint density at radius 2 is 1.91 bits per heavy atom. The molecule has 3 aliphatic rings. The van der Waals surface area contributed by atoms with Crippen molar-refractivity contribution in [1.82, 2.24) is 0 Å². The highest BCUT2D eigenvalue weighted by Gasteiger charge is 2.85. The molecule has 0 amide bonds. The fourth-order valence-electron chi connectivity index (χ4n) is 6.95. The van der Waals surface area contributed by atoms with E-state index in [-0.39, 0.29) is 6.42 Å². The van der Waals surface area contributed by atoms with Crippen LogP contribution in [0.2, 0.25) is 0 Å². The Morgan fingerprint density at radius 1 is 1.22 bits per heavy atom. The van der Waals surface area contributed by atoms with Gasteiger partial charge in [-0.15, -0.1) is 0 Å². The minimum absolute atomic E-state index is 0.256. The number of cyclic esters (lactones) is 1. The topological polar surface area (TPSA) is 132 Å². The molecule has 2 saturated carbocycles. The summed E-state index contributed by atoms with van der Waals surface area (Å²) in [6.07, 6.45) is 1.42. The number of methoxy groups -OCH3 is 1. The van der Waals surface area contributed by atoms with E-state index in [2.05, 4.69) is 0 Å². The predicted molar refractivity (Wildman–Crippen MR) is 108 cm³/mol. The van der Waals surface area contributed by atoms with Crippen LogP contribution in [0, 0.1) is 22.7 Å². The normalized spacial score (nSPS) is 45.4. The van der Waals surface area contributed by atoms with E-state index in [1.54, 1.807) is 19.9 Å². The van der Waals surface area contributed by atoms with Gasteiger partial charge in [-0.1, -0.05) is 13.3 Å². The Labute approximate surface area is 186 Å². The highest BCUT2D eigenvalue weighted by atomic mass is 16.6. The Hall–Kier alpha value is -2.39. The summed E-state index contributed by atoms with van der Waals surface area (Å²) in [6, 6.07) is 1.59. The summed E-state index contributed by atoms with van der Waals surface area (Å²) in [5.41, 5.74) is -6.34. The van der Waals surface area contributed by atoms with E-state index in [1.807, 2.05) is 0 Å². The van der Waals surface area contributed by atoms with Crippen LogP contribution in [0.15, 0.2) is 23.0 Å². The fourth-order valence-corrected chi connectivity index (χ4v) is 6.95. The molecular formula is C23H30O9. The van der Waals surface area contributed by atoms with E-state index >= 15 is 0 Å². The lowest BCUT2D eigenvalue weighted by molar-refractivity contribution is -0.258. The lowest BCUT2D eigenvalue weighted by Gasteiger charge is -2.58. The first-order valence-electron chi connectivity index (χ1n) is 10.8. The van der Waals surface area contributed by atoms with Gasteiger partial charge < -0.3 is 28.8 Å². The monoisotopic (exact) mass is 450 g/mol. The van der Waals surface area contributed by atoms with Crippen LogP contribution in [0.5, 0.6) is 0 Å². The molecule has 1 saturated heterocycles. The number of hydrogen-bond acceptors (Lipinski definition) is 9. The number of furan rings is 1. The maximum Gasteiger partial charge on any atom is 0.314 e. The molecular weight excluding hydrogens is 420 g/mol. The number of fused-ring (bicyclic) bond motifs is 3. The largest absolute Gasteiger partial charge is 0.472 e. The number of ether oxygens (including phenoxy) is 3. The van der Waals surface area contributed by atoms with Crippen LogP contribution in [-0.2, 0) is 28.6 Å². The number of carbonyl (C=O) groups is 3. The molecule has 9 heteroatoms.